The van der Waals surface area contributed by atoms with Crippen molar-refractivity contribution in [3.8, 4) is 11.5 Å². The highest BCUT2D eigenvalue weighted by molar-refractivity contribution is 5.94. The molecule has 1 aliphatic rings. The Kier molecular flexibility index (Phi) is 6.20. The van der Waals surface area contributed by atoms with Gasteiger partial charge in [0.25, 0.3) is 5.69 Å². The SMILES string of the molecule is COc1ccc([C@H](NC(=O)C2CCCCC2)c2cc([N+](=O)[O-])c3cccnc3c2O)cc1. The van der Waals surface area contributed by atoms with Gasteiger partial charge in [0.2, 0.25) is 5.91 Å². The number of ether oxygens (including phenoxy) is 1. The van der Waals surface area contributed by atoms with Crippen molar-refractivity contribution < 1.29 is 19.6 Å². The van der Waals surface area contributed by atoms with Crippen molar-refractivity contribution in [2.24, 2.45) is 5.92 Å². The molecule has 0 saturated heterocycles. The number of nitrogens with one attached hydrogen (secondary N) is 1. The van der Waals surface area contributed by atoms with Gasteiger partial charge in [-0.3, -0.25) is 19.9 Å². The number of non-ortho nitro benzene ring substituents is 1. The van der Waals surface area contributed by atoms with E-state index in [1.54, 1.807) is 43.5 Å². The predicted octanol–water partition coefficient (Wildman–Crippen LogP) is 4.64. The minimum atomic E-state index is -0.777. The molecule has 32 heavy (non-hydrogen) atoms. The van der Waals surface area contributed by atoms with Crippen molar-refractivity contribution in [1.29, 1.82) is 0 Å². The number of carbonyl (C=O) groups is 1. The van der Waals surface area contributed by atoms with Crippen LogP contribution < -0.4 is 10.1 Å². The van der Waals surface area contributed by atoms with Gasteiger partial charge >= 0.3 is 0 Å². The van der Waals surface area contributed by atoms with Crippen LogP contribution in [0.4, 0.5) is 5.69 Å². The van der Waals surface area contributed by atoms with Crippen LogP contribution in [0.25, 0.3) is 10.9 Å². The average molecular weight is 435 g/mol. The van der Waals surface area contributed by atoms with Gasteiger partial charge < -0.3 is 15.2 Å². The topological polar surface area (TPSA) is 115 Å². The predicted molar refractivity (Wildman–Crippen MR) is 120 cm³/mol. The zero-order valence-electron chi connectivity index (χ0n) is 17.8. The van der Waals surface area contributed by atoms with Gasteiger partial charge in [0, 0.05) is 23.7 Å². The molecule has 1 saturated carbocycles. The fourth-order valence-electron chi connectivity index (χ4n) is 4.36. The number of phenols is 1. The van der Waals surface area contributed by atoms with Gasteiger partial charge in [-0.2, -0.15) is 0 Å². The summed E-state index contributed by atoms with van der Waals surface area (Å²) in [6.07, 6.45) is 6.22. The van der Waals surface area contributed by atoms with E-state index in [9.17, 15) is 20.0 Å². The second-order valence-electron chi connectivity index (χ2n) is 8.04. The highest BCUT2D eigenvalue weighted by atomic mass is 16.6. The number of aromatic nitrogens is 1. The molecule has 4 rings (SSSR count). The van der Waals surface area contributed by atoms with Crippen LogP contribution in [0.3, 0.4) is 0 Å². The van der Waals surface area contributed by atoms with E-state index in [-0.39, 0.29) is 39.7 Å². The van der Waals surface area contributed by atoms with Crippen molar-refractivity contribution >= 4 is 22.5 Å². The van der Waals surface area contributed by atoms with Gasteiger partial charge in [-0.1, -0.05) is 31.4 Å². The highest BCUT2D eigenvalue weighted by Gasteiger charge is 2.29. The Labute approximate surface area is 185 Å². The van der Waals surface area contributed by atoms with Crippen LogP contribution in [0.5, 0.6) is 11.5 Å². The Morgan fingerprint density at radius 1 is 1.22 bits per heavy atom. The van der Waals surface area contributed by atoms with Gasteiger partial charge in [0.05, 0.1) is 23.5 Å². The molecule has 0 aliphatic heterocycles. The summed E-state index contributed by atoms with van der Waals surface area (Å²) in [5.41, 5.74) is 0.862. The molecule has 1 aromatic heterocycles. The Bertz CT molecular complexity index is 1140. The van der Waals surface area contributed by atoms with Crippen LogP contribution in [-0.4, -0.2) is 28.0 Å². The first-order chi connectivity index (χ1) is 15.5. The lowest BCUT2D eigenvalue weighted by Gasteiger charge is -2.26. The third kappa shape index (κ3) is 4.21. The number of hydrogen-bond acceptors (Lipinski definition) is 6. The van der Waals surface area contributed by atoms with Crippen LogP contribution in [-0.2, 0) is 4.79 Å². The maximum atomic E-state index is 13.1. The number of aromatic hydroxyl groups is 1. The Morgan fingerprint density at radius 2 is 1.94 bits per heavy atom. The molecule has 2 N–H and O–H groups in total. The van der Waals surface area contributed by atoms with E-state index in [0.29, 0.717) is 11.3 Å². The maximum Gasteiger partial charge on any atom is 0.279 e. The Morgan fingerprint density at radius 3 is 2.59 bits per heavy atom. The highest BCUT2D eigenvalue weighted by Crippen LogP contribution is 2.40. The Balaban J connectivity index is 1.83. The summed E-state index contributed by atoms with van der Waals surface area (Å²) in [5, 5.41) is 26.1. The summed E-state index contributed by atoms with van der Waals surface area (Å²) in [7, 11) is 1.56. The number of amides is 1. The second-order valence-corrected chi connectivity index (χ2v) is 8.04. The Hall–Kier alpha value is -3.68. The molecule has 166 valence electrons. The summed E-state index contributed by atoms with van der Waals surface area (Å²) in [5.74, 6) is 0.228. The molecule has 0 unspecified atom stereocenters. The molecule has 0 radical (unpaired) electrons. The van der Waals surface area contributed by atoms with Crippen molar-refractivity contribution in [3.05, 3.63) is 69.9 Å². The molecule has 1 aliphatic carbocycles. The molecule has 8 nitrogen and oxygen atoms in total. The third-order valence-electron chi connectivity index (χ3n) is 6.09. The number of pyridine rings is 1. The number of phenolic OH excluding ortho intramolecular Hbond substituents is 1. The van der Waals surface area contributed by atoms with E-state index < -0.39 is 11.0 Å². The van der Waals surface area contributed by atoms with Crippen molar-refractivity contribution in [3.63, 3.8) is 0 Å². The molecule has 1 amide bonds. The number of nitro groups is 1. The summed E-state index contributed by atoms with van der Waals surface area (Å²) in [6, 6.07) is 10.7. The summed E-state index contributed by atoms with van der Waals surface area (Å²) >= 11 is 0. The molecule has 8 heteroatoms. The van der Waals surface area contributed by atoms with Crippen molar-refractivity contribution in [2.45, 2.75) is 38.1 Å². The normalized spacial score (nSPS) is 15.3. The maximum absolute atomic E-state index is 13.1. The molecule has 0 spiro atoms. The first-order valence-electron chi connectivity index (χ1n) is 10.7. The van der Waals surface area contributed by atoms with Crippen LogP contribution in [0.15, 0.2) is 48.7 Å². The monoisotopic (exact) mass is 435 g/mol. The number of fused-ring (bicyclic) bond motifs is 1. The van der Waals surface area contributed by atoms with Crippen molar-refractivity contribution in [1.82, 2.24) is 10.3 Å². The fraction of sp³-hybridized carbons (Fsp3) is 0.333. The third-order valence-corrected chi connectivity index (χ3v) is 6.09. The minimum absolute atomic E-state index is 0.111. The number of rotatable bonds is 6. The molecular formula is C24H25N3O5. The fourth-order valence-corrected chi connectivity index (χ4v) is 4.36. The second kappa shape index (κ2) is 9.21. The molecular weight excluding hydrogens is 410 g/mol. The van der Waals surface area contributed by atoms with E-state index >= 15 is 0 Å². The lowest BCUT2D eigenvalue weighted by molar-refractivity contribution is -0.383. The van der Waals surface area contributed by atoms with Crippen LogP contribution in [0, 0.1) is 16.0 Å². The number of hydrogen-bond donors (Lipinski definition) is 2. The minimum Gasteiger partial charge on any atom is -0.505 e. The molecule has 1 heterocycles. The zero-order chi connectivity index (χ0) is 22.7. The summed E-state index contributed by atoms with van der Waals surface area (Å²) < 4.78 is 5.23. The van der Waals surface area contributed by atoms with Crippen molar-refractivity contribution in [2.75, 3.05) is 7.11 Å². The average Bonchev–Trinajstić information content (AvgIpc) is 2.83. The molecule has 1 atom stereocenters. The van der Waals surface area contributed by atoms with E-state index in [2.05, 4.69) is 10.3 Å². The van der Waals surface area contributed by atoms with E-state index in [0.717, 1.165) is 32.1 Å². The lowest BCUT2D eigenvalue weighted by atomic mass is 9.87. The lowest BCUT2D eigenvalue weighted by Crippen LogP contribution is -2.35. The first-order valence-corrected chi connectivity index (χ1v) is 10.7. The smallest absolute Gasteiger partial charge is 0.279 e. The summed E-state index contributed by atoms with van der Waals surface area (Å²) in [6.45, 7) is 0. The largest absolute Gasteiger partial charge is 0.505 e. The van der Waals surface area contributed by atoms with Gasteiger partial charge in [0.1, 0.15) is 17.0 Å². The number of nitrogens with zero attached hydrogens (tertiary/aromatic N) is 2. The number of benzene rings is 2. The number of methoxy groups -OCH3 is 1. The zero-order valence-corrected chi connectivity index (χ0v) is 17.8. The standard InChI is InChI=1S/C24H25N3O5/c1-32-17-11-9-15(10-12-17)21(26-24(29)16-6-3-2-4-7-16)19-14-20(27(30)31)18-8-5-13-25-22(18)23(19)28/h5,8-14,16,21,28H,2-4,6-7H2,1H3,(H,26,29)/t21-/m0/s1. The molecule has 3 aromatic rings. The van der Waals surface area contributed by atoms with Crippen LogP contribution in [0.2, 0.25) is 0 Å². The van der Waals surface area contributed by atoms with Gasteiger partial charge in [-0.25, -0.2) is 0 Å². The first kappa shape index (κ1) is 21.5. The molecule has 0 bridgehead atoms. The molecule has 1 fully saturated rings. The number of nitro benzene ring substituents is 1. The van der Waals surface area contributed by atoms with E-state index in [1.807, 2.05) is 0 Å². The van der Waals surface area contributed by atoms with Gasteiger partial charge in [0.15, 0.2) is 0 Å². The van der Waals surface area contributed by atoms with E-state index in [4.69, 9.17) is 4.74 Å². The van der Waals surface area contributed by atoms with E-state index in [1.165, 1.54) is 12.3 Å². The van der Waals surface area contributed by atoms with Crippen LogP contribution in [0.1, 0.15) is 49.3 Å². The molecule has 2 aromatic carbocycles. The quantitative estimate of drug-likeness (QED) is 0.430. The van der Waals surface area contributed by atoms with Crippen LogP contribution >= 0.6 is 0 Å². The van der Waals surface area contributed by atoms with Gasteiger partial charge in [-0.15, -0.1) is 0 Å². The number of carbonyl (C=O) groups excluding carboxylic acids is 1. The van der Waals surface area contributed by atoms with Gasteiger partial charge in [-0.05, 0) is 42.7 Å². The summed E-state index contributed by atoms with van der Waals surface area (Å²) in [4.78, 5) is 28.6.